The second kappa shape index (κ2) is 8.94. The summed E-state index contributed by atoms with van der Waals surface area (Å²) in [6.07, 6.45) is -0.903. The fourth-order valence-corrected chi connectivity index (χ4v) is 2.95. The van der Waals surface area contributed by atoms with Crippen LogP contribution in [0.3, 0.4) is 0 Å². The van der Waals surface area contributed by atoms with E-state index in [1.165, 1.54) is 27.4 Å². The molecule has 7 nitrogen and oxygen atoms in total. The molecule has 0 saturated carbocycles. The first-order valence-corrected chi connectivity index (χ1v) is 8.43. The van der Waals surface area contributed by atoms with Crippen molar-refractivity contribution in [2.24, 2.45) is 5.41 Å². The van der Waals surface area contributed by atoms with Crippen LogP contribution in [-0.4, -0.2) is 43.8 Å². The molecule has 0 radical (unpaired) electrons. The van der Waals surface area contributed by atoms with Crippen LogP contribution in [0.5, 0.6) is 0 Å². The van der Waals surface area contributed by atoms with Crippen LogP contribution in [0.25, 0.3) is 0 Å². The number of hydrogen-bond donors (Lipinski definition) is 0. The van der Waals surface area contributed by atoms with Crippen molar-refractivity contribution in [2.75, 3.05) is 27.1 Å². The molecule has 0 fully saturated rings. The topological polar surface area (TPSA) is 98.5 Å². The highest BCUT2D eigenvalue weighted by Gasteiger charge is 2.26. The van der Waals surface area contributed by atoms with E-state index in [0.717, 1.165) is 11.8 Å². The Morgan fingerprint density at radius 2 is 1.88 bits per heavy atom. The molecule has 0 aliphatic heterocycles. The molecule has 0 aromatic carbocycles. The van der Waals surface area contributed by atoms with Gasteiger partial charge in [0.25, 0.3) is 0 Å². The van der Waals surface area contributed by atoms with Crippen LogP contribution in [0.4, 0.5) is 0 Å². The summed E-state index contributed by atoms with van der Waals surface area (Å²) >= 11 is 1.14. The molecule has 1 rings (SSSR count). The fourth-order valence-electron chi connectivity index (χ4n) is 1.82. The number of nitriles is 1. The third-order valence-electron chi connectivity index (χ3n) is 3.37. The normalized spacial score (nSPS) is 11.3. The monoisotopic (exact) mass is 366 g/mol. The van der Waals surface area contributed by atoms with Gasteiger partial charge in [0, 0.05) is 19.6 Å². The maximum absolute atomic E-state index is 12.1. The van der Waals surface area contributed by atoms with Gasteiger partial charge in [0.05, 0.1) is 24.0 Å². The summed E-state index contributed by atoms with van der Waals surface area (Å²) in [7, 11) is 4.05. The lowest BCUT2D eigenvalue weighted by molar-refractivity contribution is -0.123. The minimum atomic E-state index is -0.903. The van der Waals surface area contributed by atoms with E-state index < -0.39 is 17.7 Å². The lowest BCUT2D eigenvalue weighted by Crippen LogP contribution is -2.22. The number of nitrogens with zero attached hydrogens (tertiary/aromatic N) is 2. The Morgan fingerprint density at radius 1 is 1.28 bits per heavy atom. The van der Waals surface area contributed by atoms with Gasteiger partial charge in [-0.3, -0.25) is 4.79 Å². The van der Waals surface area contributed by atoms with Gasteiger partial charge < -0.3 is 14.2 Å². The molecule has 1 aromatic heterocycles. The van der Waals surface area contributed by atoms with Crippen molar-refractivity contribution in [3.63, 3.8) is 0 Å². The van der Waals surface area contributed by atoms with Gasteiger partial charge in [0.2, 0.25) is 6.29 Å². The molecule has 0 amide bonds. The number of carbonyl (C=O) groups excluding carboxylic acids is 2. The summed E-state index contributed by atoms with van der Waals surface area (Å²) in [5.41, 5.74) is -0.0291. The maximum atomic E-state index is 12.1. The summed E-state index contributed by atoms with van der Waals surface area (Å²) in [6, 6.07) is 3.37. The summed E-state index contributed by atoms with van der Waals surface area (Å²) < 4.78 is 15.1. The van der Waals surface area contributed by atoms with E-state index in [2.05, 4.69) is 4.98 Å². The molecule has 0 atom stereocenters. The van der Waals surface area contributed by atoms with Crippen molar-refractivity contribution in [1.82, 2.24) is 4.98 Å². The summed E-state index contributed by atoms with van der Waals surface area (Å²) in [5.74, 6) is -0.468. The number of thioether (sulfide) groups is 1. The third-order valence-corrected chi connectivity index (χ3v) is 4.36. The minimum Gasteiger partial charge on any atom is -0.465 e. The van der Waals surface area contributed by atoms with Gasteiger partial charge in [0.1, 0.15) is 22.6 Å². The number of ketones is 1. The van der Waals surface area contributed by atoms with Crippen LogP contribution in [0.2, 0.25) is 0 Å². The molecule has 0 aliphatic carbocycles. The van der Waals surface area contributed by atoms with E-state index in [1.807, 2.05) is 26.8 Å². The van der Waals surface area contributed by atoms with Gasteiger partial charge >= 0.3 is 5.97 Å². The average Bonchev–Trinajstić information content (AvgIpc) is 2.58. The van der Waals surface area contributed by atoms with Gasteiger partial charge in [-0.05, 0) is 6.07 Å². The first kappa shape index (κ1) is 21.1. The Morgan fingerprint density at radius 3 is 2.32 bits per heavy atom. The molecule has 0 bridgehead atoms. The Kier molecular flexibility index (Phi) is 7.55. The van der Waals surface area contributed by atoms with E-state index >= 15 is 0 Å². The number of carbonyl (C=O) groups is 2. The Balaban J connectivity index is 3.34. The Hall–Kier alpha value is -1.95. The van der Waals surface area contributed by atoms with E-state index in [4.69, 9.17) is 14.2 Å². The predicted molar refractivity (Wildman–Crippen MR) is 92.2 cm³/mol. The largest absolute Gasteiger partial charge is 0.465 e. The minimum absolute atomic E-state index is 0.0248. The summed E-state index contributed by atoms with van der Waals surface area (Å²) in [5, 5.41) is 9.70. The van der Waals surface area contributed by atoms with Crippen LogP contribution in [0.1, 0.15) is 48.7 Å². The van der Waals surface area contributed by atoms with Crippen molar-refractivity contribution in [3.8, 4) is 6.07 Å². The molecule has 0 unspecified atom stereocenters. The number of methoxy groups -OCH3 is 3. The molecule has 8 heteroatoms. The second-order valence-corrected chi connectivity index (χ2v) is 7.11. The van der Waals surface area contributed by atoms with Crippen molar-refractivity contribution in [3.05, 3.63) is 22.9 Å². The SMILES string of the molecule is COC(=O)c1cc(C#N)c(SCC(=O)C(C)(C)C)nc1C(OC)OC. The summed E-state index contributed by atoms with van der Waals surface area (Å²) in [6.45, 7) is 5.48. The number of ether oxygens (including phenoxy) is 3. The zero-order valence-electron chi connectivity index (χ0n) is 15.2. The number of pyridine rings is 1. The van der Waals surface area contributed by atoms with Crippen LogP contribution in [0, 0.1) is 16.7 Å². The lowest BCUT2D eigenvalue weighted by Gasteiger charge is -2.18. The molecule has 0 spiro atoms. The van der Waals surface area contributed by atoms with Crippen molar-refractivity contribution in [2.45, 2.75) is 32.1 Å². The zero-order chi connectivity index (χ0) is 19.2. The van der Waals surface area contributed by atoms with Crippen LogP contribution >= 0.6 is 11.8 Å². The van der Waals surface area contributed by atoms with E-state index in [0.29, 0.717) is 5.03 Å². The van der Waals surface area contributed by atoms with E-state index in [-0.39, 0.29) is 28.4 Å². The van der Waals surface area contributed by atoms with Crippen LogP contribution in [-0.2, 0) is 19.0 Å². The maximum Gasteiger partial charge on any atom is 0.339 e. The third kappa shape index (κ3) is 5.26. The first-order valence-electron chi connectivity index (χ1n) is 7.44. The van der Waals surface area contributed by atoms with Crippen molar-refractivity contribution < 1.29 is 23.8 Å². The number of rotatable bonds is 7. The second-order valence-electron chi connectivity index (χ2n) is 6.14. The molecule has 1 aromatic rings. The highest BCUT2D eigenvalue weighted by atomic mass is 32.2. The number of esters is 1. The first-order chi connectivity index (χ1) is 11.7. The van der Waals surface area contributed by atoms with E-state index in [9.17, 15) is 14.9 Å². The molecule has 25 heavy (non-hydrogen) atoms. The molecule has 0 saturated heterocycles. The highest BCUT2D eigenvalue weighted by molar-refractivity contribution is 8.00. The number of Topliss-reactive ketones (excluding diaryl/α,β-unsaturated/α-hetero) is 1. The Labute approximate surface area is 151 Å². The highest BCUT2D eigenvalue weighted by Crippen LogP contribution is 2.29. The molecule has 1 heterocycles. The molecule has 0 aliphatic rings. The molecule has 0 N–H and O–H groups in total. The van der Waals surface area contributed by atoms with Crippen LogP contribution in [0.15, 0.2) is 11.1 Å². The van der Waals surface area contributed by atoms with Crippen molar-refractivity contribution >= 4 is 23.5 Å². The van der Waals surface area contributed by atoms with Crippen LogP contribution < -0.4 is 0 Å². The molecule has 136 valence electrons. The number of hydrogen-bond acceptors (Lipinski definition) is 8. The molecular weight excluding hydrogens is 344 g/mol. The standard InChI is InChI=1S/C17H22N2O5S/c1-17(2,3)12(20)9-25-14-10(8-18)7-11(15(21)22-4)13(19-14)16(23-5)24-6/h7,16H,9H2,1-6H3. The van der Waals surface area contributed by atoms with Gasteiger partial charge in [-0.15, -0.1) is 0 Å². The summed E-state index contributed by atoms with van der Waals surface area (Å²) in [4.78, 5) is 28.5. The predicted octanol–water partition coefficient (Wildman–Crippen LogP) is 2.74. The van der Waals surface area contributed by atoms with Gasteiger partial charge in [-0.1, -0.05) is 32.5 Å². The smallest absolute Gasteiger partial charge is 0.339 e. The lowest BCUT2D eigenvalue weighted by atomic mass is 9.92. The van der Waals surface area contributed by atoms with Crippen molar-refractivity contribution in [1.29, 1.82) is 5.26 Å². The quantitative estimate of drug-likeness (QED) is 0.413. The zero-order valence-corrected chi connectivity index (χ0v) is 16.0. The Bertz CT molecular complexity index is 688. The average molecular weight is 366 g/mol. The van der Waals surface area contributed by atoms with E-state index in [1.54, 1.807) is 0 Å². The fraction of sp³-hybridized carbons (Fsp3) is 0.529. The number of aromatic nitrogens is 1. The van der Waals surface area contributed by atoms with Gasteiger partial charge in [0.15, 0.2) is 0 Å². The van der Waals surface area contributed by atoms with Gasteiger partial charge in [-0.25, -0.2) is 9.78 Å². The van der Waals surface area contributed by atoms with Gasteiger partial charge in [-0.2, -0.15) is 5.26 Å². The molecular formula is C17H22N2O5S.